The van der Waals surface area contributed by atoms with Crippen LogP contribution in [0.4, 0.5) is 0 Å². The summed E-state index contributed by atoms with van der Waals surface area (Å²) in [6.07, 6.45) is 3.48. The van der Waals surface area contributed by atoms with E-state index in [4.69, 9.17) is 16.3 Å². The van der Waals surface area contributed by atoms with Crippen LogP contribution in [0, 0.1) is 17.8 Å². The molecule has 1 rings (SSSR count). The van der Waals surface area contributed by atoms with Crippen molar-refractivity contribution < 1.29 is 9.53 Å². The fourth-order valence-corrected chi connectivity index (χ4v) is 2.27. The number of halogens is 1. The minimum absolute atomic E-state index is 0.0145. The quantitative estimate of drug-likeness (QED) is 0.681. The number of carbonyl (C=O) groups excluding carboxylic acids is 1. The third-order valence-corrected chi connectivity index (χ3v) is 3.50. The van der Waals surface area contributed by atoms with Crippen LogP contribution < -0.4 is 0 Å². The zero-order valence-corrected chi connectivity index (χ0v) is 10.6. The highest BCUT2D eigenvalue weighted by Gasteiger charge is 2.31. The molecule has 88 valence electrons. The van der Waals surface area contributed by atoms with E-state index in [9.17, 15) is 4.79 Å². The van der Waals surface area contributed by atoms with Crippen molar-refractivity contribution in [2.24, 2.45) is 17.8 Å². The number of hydrogen-bond acceptors (Lipinski definition) is 2. The average molecular weight is 233 g/mol. The van der Waals surface area contributed by atoms with E-state index in [2.05, 4.69) is 13.8 Å². The molecule has 0 radical (unpaired) electrons. The minimum atomic E-state index is -0.204. The number of rotatable bonds is 5. The Balaban J connectivity index is 2.29. The van der Waals surface area contributed by atoms with E-state index < -0.39 is 0 Å². The van der Waals surface area contributed by atoms with Crippen molar-refractivity contribution in [3.8, 4) is 0 Å². The summed E-state index contributed by atoms with van der Waals surface area (Å²) in [6, 6.07) is 0. The van der Waals surface area contributed by atoms with Gasteiger partial charge in [0.2, 0.25) is 5.24 Å². The minimum Gasteiger partial charge on any atom is -0.378 e. The van der Waals surface area contributed by atoms with Crippen LogP contribution in [0.15, 0.2) is 0 Å². The Hall–Kier alpha value is -0.0800. The van der Waals surface area contributed by atoms with E-state index in [-0.39, 0.29) is 11.2 Å². The Labute approximate surface area is 97.3 Å². The van der Waals surface area contributed by atoms with Crippen LogP contribution in [0.1, 0.15) is 40.0 Å². The van der Waals surface area contributed by atoms with Gasteiger partial charge in [0.15, 0.2) is 0 Å². The summed E-state index contributed by atoms with van der Waals surface area (Å²) in [6.45, 7) is 7.04. The second-order valence-corrected chi connectivity index (χ2v) is 5.39. The Morgan fingerprint density at radius 1 is 1.40 bits per heavy atom. The molecule has 3 atom stereocenters. The maximum Gasteiger partial charge on any atom is 0.224 e. The smallest absolute Gasteiger partial charge is 0.224 e. The molecule has 0 aliphatic heterocycles. The Kier molecular flexibility index (Phi) is 5.07. The fraction of sp³-hybridized carbons (Fsp3) is 0.917. The van der Waals surface area contributed by atoms with E-state index in [0.29, 0.717) is 17.9 Å². The standard InChI is InChI=1S/C12H21ClO2/c1-8(2)7-15-11-5-4-10(6-11)9(3)12(13)14/h8-11H,4-7H2,1-3H3. The predicted molar refractivity (Wildman–Crippen MR) is 61.9 cm³/mol. The molecule has 0 aromatic carbocycles. The monoisotopic (exact) mass is 232 g/mol. The SMILES string of the molecule is CC(C)COC1CCC(C(C)C(=O)Cl)C1. The number of hydrogen-bond donors (Lipinski definition) is 0. The van der Waals surface area contributed by atoms with Gasteiger partial charge in [-0.1, -0.05) is 20.8 Å². The van der Waals surface area contributed by atoms with E-state index in [1.807, 2.05) is 6.92 Å². The van der Waals surface area contributed by atoms with Crippen LogP contribution in [0.5, 0.6) is 0 Å². The van der Waals surface area contributed by atoms with Gasteiger partial charge < -0.3 is 4.74 Å². The molecule has 1 aliphatic carbocycles. The van der Waals surface area contributed by atoms with Gasteiger partial charge in [0.1, 0.15) is 0 Å². The first-order valence-corrected chi connectivity index (χ1v) is 6.19. The van der Waals surface area contributed by atoms with Gasteiger partial charge >= 0.3 is 0 Å². The van der Waals surface area contributed by atoms with Gasteiger partial charge in [0.05, 0.1) is 6.10 Å². The van der Waals surface area contributed by atoms with Crippen molar-refractivity contribution in [3.05, 3.63) is 0 Å². The zero-order valence-electron chi connectivity index (χ0n) is 9.83. The normalized spacial score (nSPS) is 28.3. The Morgan fingerprint density at radius 3 is 2.60 bits per heavy atom. The van der Waals surface area contributed by atoms with Crippen LogP contribution in [0.25, 0.3) is 0 Å². The molecular weight excluding hydrogens is 212 g/mol. The van der Waals surface area contributed by atoms with Crippen molar-refractivity contribution in [2.75, 3.05) is 6.61 Å². The molecule has 0 heterocycles. The van der Waals surface area contributed by atoms with Gasteiger partial charge in [0.25, 0.3) is 0 Å². The third-order valence-electron chi connectivity index (χ3n) is 3.16. The van der Waals surface area contributed by atoms with Crippen molar-refractivity contribution in [1.82, 2.24) is 0 Å². The van der Waals surface area contributed by atoms with Gasteiger partial charge in [-0.15, -0.1) is 0 Å². The molecule has 0 bridgehead atoms. The van der Waals surface area contributed by atoms with Gasteiger partial charge in [-0.3, -0.25) is 4.79 Å². The lowest BCUT2D eigenvalue weighted by molar-refractivity contribution is -0.116. The molecule has 1 saturated carbocycles. The number of ether oxygens (including phenoxy) is 1. The van der Waals surface area contributed by atoms with Gasteiger partial charge in [0, 0.05) is 12.5 Å². The second-order valence-electron chi connectivity index (χ2n) is 5.02. The van der Waals surface area contributed by atoms with Crippen LogP contribution >= 0.6 is 11.6 Å². The van der Waals surface area contributed by atoms with Gasteiger partial charge in [-0.05, 0) is 42.7 Å². The first kappa shape index (κ1) is 13.0. The molecule has 0 aromatic rings. The van der Waals surface area contributed by atoms with Crippen molar-refractivity contribution in [1.29, 1.82) is 0 Å². The molecule has 0 amide bonds. The number of carbonyl (C=O) groups is 1. The first-order valence-electron chi connectivity index (χ1n) is 5.81. The Bertz CT molecular complexity index is 216. The van der Waals surface area contributed by atoms with Crippen LogP contribution in [0.3, 0.4) is 0 Å². The molecule has 0 aromatic heterocycles. The summed E-state index contributed by atoms with van der Waals surface area (Å²) in [4.78, 5) is 11.0. The second kappa shape index (κ2) is 5.86. The van der Waals surface area contributed by atoms with Crippen molar-refractivity contribution in [2.45, 2.75) is 46.1 Å². The molecule has 0 N–H and O–H groups in total. The van der Waals surface area contributed by atoms with Crippen LogP contribution in [0.2, 0.25) is 0 Å². The molecule has 2 nitrogen and oxygen atoms in total. The molecular formula is C12H21ClO2. The Morgan fingerprint density at radius 2 is 2.07 bits per heavy atom. The summed E-state index contributed by atoms with van der Waals surface area (Å²) in [7, 11) is 0. The molecule has 1 fully saturated rings. The topological polar surface area (TPSA) is 26.3 Å². The van der Waals surface area contributed by atoms with Crippen molar-refractivity contribution in [3.63, 3.8) is 0 Å². The van der Waals surface area contributed by atoms with E-state index in [1.165, 1.54) is 0 Å². The molecule has 1 aliphatic rings. The van der Waals surface area contributed by atoms with E-state index >= 15 is 0 Å². The largest absolute Gasteiger partial charge is 0.378 e. The summed E-state index contributed by atoms with van der Waals surface area (Å²) >= 11 is 5.50. The fourth-order valence-electron chi connectivity index (χ4n) is 2.09. The summed E-state index contributed by atoms with van der Waals surface area (Å²) in [5.74, 6) is 0.989. The van der Waals surface area contributed by atoms with E-state index in [1.54, 1.807) is 0 Å². The van der Waals surface area contributed by atoms with Gasteiger partial charge in [-0.25, -0.2) is 0 Å². The lowest BCUT2D eigenvalue weighted by Crippen LogP contribution is -2.17. The van der Waals surface area contributed by atoms with Crippen molar-refractivity contribution >= 4 is 16.8 Å². The lowest BCUT2D eigenvalue weighted by atomic mass is 9.94. The van der Waals surface area contributed by atoms with Gasteiger partial charge in [-0.2, -0.15) is 0 Å². The molecule has 15 heavy (non-hydrogen) atoms. The maximum atomic E-state index is 11.0. The maximum absolute atomic E-state index is 11.0. The molecule has 0 spiro atoms. The third kappa shape index (κ3) is 4.12. The van der Waals surface area contributed by atoms with Crippen LogP contribution in [-0.4, -0.2) is 18.0 Å². The molecule has 3 heteroatoms. The summed E-state index contributed by atoms with van der Waals surface area (Å²) in [5.41, 5.74) is 0. The highest BCUT2D eigenvalue weighted by molar-refractivity contribution is 6.63. The molecule has 3 unspecified atom stereocenters. The zero-order chi connectivity index (χ0) is 11.4. The summed E-state index contributed by atoms with van der Waals surface area (Å²) < 4.78 is 5.77. The molecule has 0 saturated heterocycles. The highest BCUT2D eigenvalue weighted by Crippen LogP contribution is 2.34. The highest BCUT2D eigenvalue weighted by atomic mass is 35.5. The first-order chi connectivity index (χ1) is 7.00. The lowest BCUT2D eigenvalue weighted by Gasteiger charge is -2.16. The summed E-state index contributed by atoms with van der Waals surface area (Å²) in [5, 5.41) is -0.204. The predicted octanol–water partition coefficient (Wildman–Crippen LogP) is 3.23. The van der Waals surface area contributed by atoms with Crippen LogP contribution in [-0.2, 0) is 9.53 Å². The van der Waals surface area contributed by atoms with E-state index in [0.717, 1.165) is 25.9 Å². The average Bonchev–Trinajstić information content (AvgIpc) is 2.61.